The highest BCUT2D eigenvalue weighted by atomic mass is 32.2. The van der Waals surface area contributed by atoms with Gasteiger partial charge in [-0.15, -0.1) is 0 Å². The molecule has 3 rings (SSSR count). The van der Waals surface area contributed by atoms with Gasteiger partial charge in [0.05, 0.1) is 30.2 Å². The van der Waals surface area contributed by atoms with Gasteiger partial charge in [-0.05, 0) is 36.4 Å². The van der Waals surface area contributed by atoms with Gasteiger partial charge in [0.1, 0.15) is 11.5 Å². The summed E-state index contributed by atoms with van der Waals surface area (Å²) >= 11 is 0. The lowest BCUT2D eigenvalue weighted by Gasteiger charge is -2.07. The van der Waals surface area contributed by atoms with Crippen LogP contribution in [0.15, 0.2) is 51.9 Å². The molecule has 1 heterocycles. The maximum absolute atomic E-state index is 12.1. The summed E-state index contributed by atoms with van der Waals surface area (Å²) in [6.07, 6.45) is 0. The Hall–Kier alpha value is -3.44. The molecule has 2 N–H and O–H groups in total. The average molecular weight is 419 g/mol. The zero-order valence-corrected chi connectivity index (χ0v) is 16.3. The predicted octanol–water partition coefficient (Wildman–Crippen LogP) is 1.76. The highest BCUT2D eigenvalue weighted by molar-refractivity contribution is 7.89. The van der Waals surface area contributed by atoms with Gasteiger partial charge < -0.3 is 18.7 Å². The maximum Gasteiger partial charge on any atom is 0.338 e. The minimum Gasteiger partial charge on any atom is -0.497 e. The lowest BCUT2D eigenvalue weighted by Crippen LogP contribution is -2.12. The van der Waals surface area contributed by atoms with E-state index in [-0.39, 0.29) is 28.8 Å². The topological polar surface area (TPSA) is 144 Å². The average Bonchev–Trinajstić information content (AvgIpc) is 3.19. The van der Waals surface area contributed by atoms with Crippen LogP contribution in [0.3, 0.4) is 0 Å². The molecule has 0 radical (unpaired) electrons. The number of rotatable bonds is 7. The van der Waals surface area contributed by atoms with E-state index < -0.39 is 16.0 Å². The molecule has 29 heavy (non-hydrogen) atoms. The number of aromatic nitrogens is 2. The number of hydrogen-bond acceptors (Lipinski definition) is 9. The Bertz CT molecular complexity index is 1120. The number of carbonyl (C=O) groups excluding carboxylic acids is 1. The van der Waals surface area contributed by atoms with Gasteiger partial charge in [-0.25, -0.2) is 18.4 Å². The first-order chi connectivity index (χ1) is 13.8. The molecule has 0 atom stereocenters. The third kappa shape index (κ3) is 4.70. The molecule has 0 unspecified atom stereocenters. The third-order valence-corrected chi connectivity index (χ3v) is 4.79. The molecule has 2 aromatic carbocycles. The lowest BCUT2D eigenvalue weighted by molar-refractivity contribution is 0.0429. The van der Waals surface area contributed by atoms with Gasteiger partial charge in [0.15, 0.2) is 6.61 Å². The van der Waals surface area contributed by atoms with E-state index in [1.807, 2.05) is 0 Å². The fourth-order valence-corrected chi connectivity index (χ4v) is 2.91. The van der Waals surface area contributed by atoms with Crippen molar-refractivity contribution in [3.8, 4) is 22.9 Å². The van der Waals surface area contributed by atoms with E-state index in [2.05, 4.69) is 10.1 Å². The molecule has 0 saturated heterocycles. The Morgan fingerprint density at radius 1 is 1.10 bits per heavy atom. The number of hydrogen-bond donors (Lipinski definition) is 1. The van der Waals surface area contributed by atoms with Crippen LogP contribution in [0.25, 0.3) is 11.4 Å². The molecule has 11 heteroatoms. The number of primary sulfonamides is 1. The van der Waals surface area contributed by atoms with Gasteiger partial charge in [-0.2, -0.15) is 4.98 Å². The van der Waals surface area contributed by atoms with Crippen molar-refractivity contribution in [2.24, 2.45) is 5.14 Å². The number of sulfonamides is 1. The second-order valence-electron chi connectivity index (χ2n) is 5.72. The van der Waals surface area contributed by atoms with Crippen molar-refractivity contribution in [1.82, 2.24) is 10.1 Å². The van der Waals surface area contributed by atoms with E-state index >= 15 is 0 Å². The smallest absolute Gasteiger partial charge is 0.338 e. The Morgan fingerprint density at radius 2 is 1.83 bits per heavy atom. The van der Waals surface area contributed by atoms with Gasteiger partial charge in [-0.1, -0.05) is 5.16 Å². The zero-order chi connectivity index (χ0) is 21.0. The summed E-state index contributed by atoms with van der Waals surface area (Å²) in [5.41, 5.74) is 0.724. The molecule has 0 aliphatic heterocycles. The molecule has 152 valence electrons. The highest BCUT2D eigenvalue weighted by Crippen LogP contribution is 2.31. The van der Waals surface area contributed by atoms with Crippen LogP contribution in [0.4, 0.5) is 0 Å². The van der Waals surface area contributed by atoms with Crippen molar-refractivity contribution in [1.29, 1.82) is 0 Å². The lowest BCUT2D eigenvalue weighted by atomic mass is 10.2. The molecule has 0 aliphatic carbocycles. The first-order valence-electron chi connectivity index (χ1n) is 8.17. The zero-order valence-electron chi connectivity index (χ0n) is 15.5. The fourth-order valence-electron chi connectivity index (χ4n) is 2.40. The molecule has 0 amide bonds. The summed E-state index contributed by atoms with van der Waals surface area (Å²) in [5.74, 6) is 0.744. The van der Waals surface area contributed by atoms with Gasteiger partial charge in [0.2, 0.25) is 15.8 Å². The Balaban J connectivity index is 1.69. The van der Waals surface area contributed by atoms with Crippen molar-refractivity contribution in [3.63, 3.8) is 0 Å². The van der Waals surface area contributed by atoms with Crippen LogP contribution in [0.1, 0.15) is 16.2 Å². The maximum atomic E-state index is 12.1. The number of esters is 1. The Morgan fingerprint density at radius 3 is 2.45 bits per heavy atom. The standard InChI is InChI=1S/C18H17N3O7S/c1-25-12-5-8-14(15(9-12)26-2)17-20-16(28-21-17)10-27-18(22)11-3-6-13(7-4-11)29(19,23)24/h3-9H,10H2,1-2H3,(H2,19,23,24). The first-order valence-corrected chi connectivity index (χ1v) is 9.71. The third-order valence-electron chi connectivity index (χ3n) is 3.86. The van der Waals surface area contributed by atoms with Crippen LogP contribution in [-0.2, 0) is 21.4 Å². The predicted molar refractivity (Wildman–Crippen MR) is 99.8 cm³/mol. The van der Waals surface area contributed by atoms with Gasteiger partial charge >= 0.3 is 5.97 Å². The molecule has 0 aliphatic rings. The molecule has 1 aromatic heterocycles. The molecule has 0 spiro atoms. The summed E-state index contributed by atoms with van der Waals surface area (Å²) in [6, 6.07) is 10.1. The number of carbonyl (C=O) groups is 1. The second kappa shape index (κ2) is 8.29. The van der Waals surface area contributed by atoms with Crippen molar-refractivity contribution in [2.75, 3.05) is 14.2 Å². The normalized spacial score (nSPS) is 11.1. The quantitative estimate of drug-likeness (QED) is 0.566. The number of methoxy groups -OCH3 is 2. The van der Waals surface area contributed by atoms with Gasteiger partial charge in [0, 0.05) is 6.07 Å². The number of nitrogens with two attached hydrogens (primary N) is 1. The highest BCUT2D eigenvalue weighted by Gasteiger charge is 2.16. The number of benzene rings is 2. The molecule has 3 aromatic rings. The van der Waals surface area contributed by atoms with Crippen molar-refractivity contribution < 1.29 is 31.9 Å². The van der Waals surface area contributed by atoms with E-state index in [4.69, 9.17) is 23.9 Å². The van der Waals surface area contributed by atoms with E-state index in [0.29, 0.717) is 17.1 Å². The van der Waals surface area contributed by atoms with Gasteiger partial charge in [-0.3, -0.25) is 0 Å². The van der Waals surface area contributed by atoms with Crippen molar-refractivity contribution >= 4 is 16.0 Å². The van der Waals surface area contributed by atoms with Crippen LogP contribution in [0.5, 0.6) is 11.5 Å². The second-order valence-corrected chi connectivity index (χ2v) is 7.28. The molecular weight excluding hydrogens is 402 g/mol. The van der Waals surface area contributed by atoms with E-state index in [9.17, 15) is 13.2 Å². The monoisotopic (exact) mass is 419 g/mol. The van der Waals surface area contributed by atoms with Crippen LogP contribution in [-0.4, -0.2) is 38.7 Å². The summed E-state index contributed by atoms with van der Waals surface area (Å²) in [7, 11) is -0.796. The Labute approximate surface area is 166 Å². The SMILES string of the molecule is COc1ccc(-c2noc(COC(=O)c3ccc(S(N)(=O)=O)cc3)n2)c(OC)c1. The van der Waals surface area contributed by atoms with Crippen LogP contribution in [0.2, 0.25) is 0 Å². The van der Waals surface area contributed by atoms with Crippen molar-refractivity contribution in [2.45, 2.75) is 11.5 Å². The minimum atomic E-state index is -3.84. The van der Waals surface area contributed by atoms with Gasteiger partial charge in [0.25, 0.3) is 5.89 Å². The fraction of sp³-hybridized carbons (Fsp3) is 0.167. The summed E-state index contributed by atoms with van der Waals surface area (Å²) < 4.78 is 43.2. The molecular formula is C18H17N3O7S. The number of nitrogens with zero attached hydrogens (tertiary/aromatic N) is 2. The summed E-state index contributed by atoms with van der Waals surface area (Å²) in [6.45, 7) is -0.263. The molecule has 10 nitrogen and oxygen atoms in total. The Kier molecular flexibility index (Phi) is 5.80. The largest absolute Gasteiger partial charge is 0.497 e. The summed E-state index contributed by atoms with van der Waals surface area (Å²) in [5, 5.41) is 8.88. The first kappa shape index (κ1) is 20.3. The molecule has 0 fully saturated rings. The van der Waals surface area contributed by atoms with Crippen LogP contribution < -0.4 is 14.6 Å². The number of ether oxygens (including phenoxy) is 3. The molecule has 0 saturated carbocycles. The van der Waals surface area contributed by atoms with Crippen LogP contribution >= 0.6 is 0 Å². The van der Waals surface area contributed by atoms with E-state index in [0.717, 1.165) is 0 Å². The van der Waals surface area contributed by atoms with Crippen molar-refractivity contribution in [3.05, 3.63) is 53.9 Å². The van der Waals surface area contributed by atoms with E-state index in [1.165, 1.54) is 38.5 Å². The minimum absolute atomic E-state index is 0.0763. The summed E-state index contributed by atoms with van der Waals surface area (Å²) in [4.78, 5) is 16.2. The van der Waals surface area contributed by atoms with E-state index in [1.54, 1.807) is 18.2 Å². The van der Waals surface area contributed by atoms with Crippen LogP contribution in [0, 0.1) is 0 Å². The molecule has 0 bridgehead atoms.